The minimum absolute atomic E-state index is 0. The molecule has 0 aliphatic carbocycles. The van der Waals surface area contributed by atoms with Gasteiger partial charge in [-0.2, -0.15) is 0 Å². The lowest BCUT2D eigenvalue weighted by atomic mass is 10.0. The Bertz CT molecular complexity index is 961. The second-order valence-corrected chi connectivity index (χ2v) is 6.92. The smallest absolute Gasteiger partial charge is 0.267 e. The molecular weight excluding hydrogens is 402 g/mol. The molecule has 0 aliphatic heterocycles. The van der Waals surface area contributed by atoms with Gasteiger partial charge in [0.15, 0.2) is 0 Å². The molecule has 0 saturated carbocycles. The normalized spacial score (nSPS) is 11.9. The number of aromatic amines is 1. The number of H-pyrrole nitrogens is 1. The maximum Gasteiger partial charge on any atom is 0.267 e. The van der Waals surface area contributed by atoms with Gasteiger partial charge < -0.3 is 21.8 Å². The summed E-state index contributed by atoms with van der Waals surface area (Å²) in [5, 5.41) is 4.07. The average molecular weight is 425 g/mol. The van der Waals surface area contributed by atoms with Crippen molar-refractivity contribution in [1.82, 2.24) is 10.3 Å². The van der Waals surface area contributed by atoms with Crippen LogP contribution in [0.2, 0.25) is 5.02 Å². The van der Waals surface area contributed by atoms with Gasteiger partial charge in [-0.15, -0.1) is 12.4 Å². The van der Waals surface area contributed by atoms with Crippen LogP contribution in [0.3, 0.4) is 0 Å². The summed E-state index contributed by atoms with van der Waals surface area (Å²) in [6, 6.07) is 11.6. The highest BCUT2D eigenvalue weighted by atomic mass is 35.5. The predicted molar refractivity (Wildman–Crippen MR) is 115 cm³/mol. The van der Waals surface area contributed by atoms with Gasteiger partial charge in [0.2, 0.25) is 0 Å². The molecule has 0 bridgehead atoms. The molecule has 150 valence electrons. The summed E-state index contributed by atoms with van der Waals surface area (Å²) < 4.78 is 13.3. The molecule has 0 fully saturated rings. The molecule has 8 heteroatoms. The topological polar surface area (TPSA) is 96.9 Å². The second kappa shape index (κ2) is 9.89. The number of hydrogen-bond acceptors (Lipinski definition) is 3. The molecule has 5 nitrogen and oxygen atoms in total. The monoisotopic (exact) mass is 424 g/mol. The fourth-order valence-corrected chi connectivity index (χ4v) is 3.22. The van der Waals surface area contributed by atoms with Gasteiger partial charge in [-0.3, -0.25) is 4.79 Å². The van der Waals surface area contributed by atoms with Crippen LogP contribution >= 0.6 is 24.0 Å². The minimum atomic E-state index is -0.381. The number of nitrogens with two attached hydrogens (primary N) is 2. The van der Waals surface area contributed by atoms with Gasteiger partial charge >= 0.3 is 0 Å². The molecule has 2 aromatic carbocycles. The lowest BCUT2D eigenvalue weighted by Gasteiger charge is -2.11. The standard InChI is InChI=1S/C20H22ClFN4O.ClH/c21-17-10-14(22)5-6-16(17)12-3-4-13-9-19(26-18(13)8-12)20(27)25-11-15(24)2-1-7-23;/h3-6,8-10,15,26H,1-2,7,11,23-24H2,(H,25,27);1H. The molecule has 6 N–H and O–H groups in total. The van der Waals surface area contributed by atoms with E-state index in [-0.39, 0.29) is 30.2 Å². The van der Waals surface area contributed by atoms with Crippen molar-refractivity contribution in [2.24, 2.45) is 11.5 Å². The van der Waals surface area contributed by atoms with Crippen LogP contribution in [0.1, 0.15) is 23.3 Å². The molecule has 3 rings (SSSR count). The van der Waals surface area contributed by atoms with Crippen molar-refractivity contribution < 1.29 is 9.18 Å². The first-order valence-electron chi connectivity index (χ1n) is 8.80. The van der Waals surface area contributed by atoms with Crippen LogP contribution in [-0.4, -0.2) is 30.0 Å². The molecule has 0 aliphatic rings. The Balaban J connectivity index is 0.00000280. The fourth-order valence-electron chi connectivity index (χ4n) is 2.94. The van der Waals surface area contributed by atoms with E-state index in [1.54, 1.807) is 12.1 Å². The number of rotatable bonds is 7. The number of nitrogens with one attached hydrogen (secondary N) is 2. The van der Waals surface area contributed by atoms with Gasteiger partial charge in [0.05, 0.1) is 5.02 Å². The molecule has 1 unspecified atom stereocenters. The van der Waals surface area contributed by atoms with Crippen molar-refractivity contribution in [3.63, 3.8) is 0 Å². The van der Waals surface area contributed by atoms with E-state index in [2.05, 4.69) is 10.3 Å². The van der Waals surface area contributed by atoms with E-state index in [9.17, 15) is 9.18 Å². The Kier molecular flexibility index (Phi) is 7.83. The number of carbonyl (C=O) groups is 1. The van der Waals surface area contributed by atoms with Gasteiger partial charge in [0, 0.05) is 29.1 Å². The summed E-state index contributed by atoms with van der Waals surface area (Å²) in [5.74, 6) is -0.593. The van der Waals surface area contributed by atoms with Crippen LogP contribution < -0.4 is 16.8 Å². The lowest BCUT2D eigenvalue weighted by molar-refractivity contribution is 0.0946. The highest BCUT2D eigenvalue weighted by molar-refractivity contribution is 6.33. The summed E-state index contributed by atoms with van der Waals surface area (Å²) in [5.41, 5.74) is 14.2. The van der Waals surface area contributed by atoms with E-state index in [1.165, 1.54) is 12.1 Å². The van der Waals surface area contributed by atoms with E-state index in [1.807, 2.05) is 18.2 Å². The zero-order valence-electron chi connectivity index (χ0n) is 15.2. The van der Waals surface area contributed by atoms with Gasteiger partial charge in [-0.25, -0.2) is 4.39 Å². The zero-order valence-corrected chi connectivity index (χ0v) is 16.7. The summed E-state index contributed by atoms with van der Waals surface area (Å²) >= 11 is 6.14. The van der Waals surface area contributed by atoms with Crippen LogP contribution in [-0.2, 0) is 0 Å². The third-order valence-electron chi connectivity index (χ3n) is 4.41. The molecule has 1 aromatic heterocycles. The van der Waals surface area contributed by atoms with Gasteiger partial charge in [0.1, 0.15) is 11.5 Å². The summed E-state index contributed by atoms with van der Waals surface area (Å²) in [4.78, 5) is 15.5. The number of amides is 1. The number of hydrogen-bond donors (Lipinski definition) is 4. The second-order valence-electron chi connectivity index (χ2n) is 6.51. The van der Waals surface area contributed by atoms with E-state index < -0.39 is 0 Å². The van der Waals surface area contributed by atoms with E-state index in [0.717, 1.165) is 34.9 Å². The highest BCUT2D eigenvalue weighted by Gasteiger charge is 2.12. The van der Waals surface area contributed by atoms with Crippen LogP contribution in [0.25, 0.3) is 22.0 Å². The molecule has 1 amide bonds. The van der Waals surface area contributed by atoms with Crippen molar-refractivity contribution in [2.45, 2.75) is 18.9 Å². The average Bonchev–Trinajstić information content (AvgIpc) is 3.07. The third-order valence-corrected chi connectivity index (χ3v) is 4.73. The van der Waals surface area contributed by atoms with Crippen molar-refractivity contribution in [2.75, 3.05) is 13.1 Å². The maximum atomic E-state index is 13.3. The minimum Gasteiger partial charge on any atom is -0.351 e. The SMILES string of the molecule is Cl.NCCCC(N)CNC(=O)c1cc2ccc(-c3ccc(F)cc3Cl)cc2[nH]1. The van der Waals surface area contributed by atoms with Crippen LogP contribution in [0.4, 0.5) is 4.39 Å². The molecular formula is C20H23Cl2FN4O. The molecule has 3 aromatic rings. The van der Waals surface area contributed by atoms with Gasteiger partial charge in [-0.1, -0.05) is 23.7 Å². The van der Waals surface area contributed by atoms with Crippen LogP contribution in [0.5, 0.6) is 0 Å². The first-order chi connectivity index (χ1) is 13.0. The Labute approximate surface area is 174 Å². The Morgan fingerprint density at radius 3 is 2.71 bits per heavy atom. The highest BCUT2D eigenvalue weighted by Crippen LogP contribution is 2.30. The Morgan fingerprint density at radius 1 is 1.21 bits per heavy atom. The number of aromatic nitrogens is 1. The first-order valence-corrected chi connectivity index (χ1v) is 9.18. The summed E-state index contributed by atoms with van der Waals surface area (Å²) in [7, 11) is 0. The molecule has 0 saturated heterocycles. The number of benzene rings is 2. The summed E-state index contributed by atoms with van der Waals surface area (Å²) in [6.07, 6.45) is 1.60. The number of carbonyl (C=O) groups excluding carboxylic acids is 1. The molecule has 28 heavy (non-hydrogen) atoms. The van der Waals surface area contributed by atoms with Gasteiger partial charge in [0.25, 0.3) is 5.91 Å². The largest absolute Gasteiger partial charge is 0.351 e. The van der Waals surface area contributed by atoms with Crippen molar-refractivity contribution in [1.29, 1.82) is 0 Å². The van der Waals surface area contributed by atoms with Crippen LogP contribution in [0.15, 0.2) is 42.5 Å². The third kappa shape index (κ3) is 5.23. The number of halogens is 3. The van der Waals surface area contributed by atoms with E-state index in [0.29, 0.717) is 23.8 Å². The van der Waals surface area contributed by atoms with Crippen molar-refractivity contribution in [3.8, 4) is 11.1 Å². The maximum absolute atomic E-state index is 13.3. The number of fused-ring (bicyclic) bond motifs is 1. The van der Waals surface area contributed by atoms with E-state index >= 15 is 0 Å². The van der Waals surface area contributed by atoms with Crippen LogP contribution in [0, 0.1) is 5.82 Å². The quantitative estimate of drug-likeness (QED) is 0.463. The predicted octanol–water partition coefficient (Wildman–Crippen LogP) is 3.85. The molecule has 1 heterocycles. The fraction of sp³-hybridized carbons (Fsp3) is 0.250. The van der Waals surface area contributed by atoms with Crippen molar-refractivity contribution in [3.05, 3.63) is 59.0 Å². The lowest BCUT2D eigenvalue weighted by Crippen LogP contribution is -2.37. The van der Waals surface area contributed by atoms with Crippen molar-refractivity contribution >= 4 is 40.8 Å². The molecule has 1 atom stereocenters. The molecule has 0 radical (unpaired) electrons. The van der Waals surface area contributed by atoms with Gasteiger partial charge in [-0.05, 0) is 55.3 Å². The Hall–Kier alpha value is -2.12. The first kappa shape index (κ1) is 22.2. The summed E-state index contributed by atoms with van der Waals surface area (Å²) in [6.45, 7) is 0.981. The zero-order chi connectivity index (χ0) is 19.4. The van der Waals surface area contributed by atoms with E-state index in [4.69, 9.17) is 23.1 Å². The Morgan fingerprint density at radius 2 is 2.00 bits per heavy atom. The molecule has 0 spiro atoms.